The van der Waals surface area contributed by atoms with Crippen molar-refractivity contribution in [2.45, 2.75) is 32.4 Å². The molecule has 0 saturated carbocycles. The van der Waals surface area contributed by atoms with Gasteiger partial charge in [0, 0.05) is 24.8 Å². The molecule has 0 spiro atoms. The van der Waals surface area contributed by atoms with Gasteiger partial charge in [-0.15, -0.1) is 12.4 Å². The van der Waals surface area contributed by atoms with E-state index in [2.05, 4.69) is 0 Å². The molecule has 5 heteroatoms. The molecule has 1 rings (SSSR count). The molecule has 0 bridgehead atoms. The van der Waals surface area contributed by atoms with Gasteiger partial charge in [-0.05, 0) is 23.6 Å². The van der Waals surface area contributed by atoms with Gasteiger partial charge in [-0.1, -0.05) is 37.9 Å². The third-order valence-corrected chi connectivity index (χ3v) is 3.78. The first-order valence-corrected chi connectivity index (χ1v) is 6.66. The Bertz CT molecular complexity index is 399. The highest BCUT2D eigenvalue weighted by Gasteiger charge is 2.23. The summed E-state index contributed by atoms with van der Waals surface area (Å²) in [6.45, 7) is 4.03. The molecule has 1 unspecified atom stereocenters. The number of anilines is 1. The Morgan fingerprint density at radius 1 is 1.37 bits per heavy atom. The van der Waals surface area contributed by atoms with Gasteiger partial charge in [0.1, 0.15) is 0 Å². The van der Waals surface area contributed by atoms with Crippen LogP contribution in [0.4, 0.5) is 5.69 Å². The Morgan fingerprint density at radius 2 is 1.95 bits per heavy atom. The smallest absolute Gasteiger partial charge is 0.0758 e. The molecule has 0 saturated heterocycles. The van der Waals surface area contributed by atoms with Crippen molar-refractivity contribution < 1.29 is 5.11 Å². The van der Waals surface area contributed by atoms with Crippen LogP contribution < -0.4 is 10.6 Å². The minimum absolute atomic E-state index is 0. The maximum Gasteiger partial charge on any atom is 0.0758 e. The van der Waals surface area contributed by atoms with E-state index in [9.17, 15) is 5.11 Å². The highest BCUT2D eigenvalue weighted by molar-refractivity contribution is 6.31. The third-order valence-electron chi connectivity index (χ3n) is 3.45. The second-order valence-corrected chi connectivity index (χ2v) is 5.41. The lowest BCUT2D eigenvalue weighted by molar-refractivity contribution is 0.0880. The number of hydrogen-bond donors (Lipinski definition) is 2. The first-order chi connectivity index (χ1) is 8.38. The van der Waals surface area contributed by atoms with Crippen LogP contribution in [0.3, 0.4) is 0 Å². The minimum Gasteiger partial charge on any atom is -0.391 e. The van der Waals surface area contributed by atoms with Crippen LogP contribution in [0.2, 0.25) is 5.02 Å². The number of aliphatic hydroxyl groups is 1. The van der Waals surface area contributed by atoms with Crippen molar-refractivity contribution in [1.29, 1.82) is 0 Å². The summed E-state index contributed by atoms with van der Waals surface area (Å²) in [5.74, 6) is 0.157. The van der Waals surface area contributed by atoms with Crippen molar-refractivity contribution in [2.24, 2.45) is 11.7 Å². The molecule has 0 aliphatic rings. The first kappa shape index (κ1) is 18.5. The third kappa shape index (κ3) is 4.53. The molecule has 3 nitrogen and oxygen atoms in total. The molecule has 19 heavy (non-hydrogen) atoms. The summed E-state index contributed by atoms with van der Waals surface area (Å²) in [7, 11) is 3.92. The van der Waals surface area contributed by atoms with Gasteiger partial charge >= 0.3 is 0 Å². The van der Waals surface area contributed by atoms with Crippen LogP contribution >= 0.6 is 24.0 Å². The van der Waals surface area contributed by atoms with Gasteiger partial charge in [-0.2, -0.15) is 0 Å². The van der Waals surface area contributed by atoms with Gasteiger partial charge in [0.25, 0.3) is 0 Å². The monoisotopic (exact) mass is 306 g/mol. The summed E-state index contributed by atoms with van der Waals surface area (Å²) in [6.07, 6.45) is 0.320. The molecule has 0 aromatic heterocycles. The summed E-state index contributed by atoms with van der Waals surface area (Å²) >= 11 is 6.24. The van der Waals surface area contributed by atoms with Gasteiger partial charge in [-0.3, -0.25) is 0 Å². The molecule has 0 aliphatic carbocycles. The average Bonchev–Trinajstić information content (AvgIpc) is 2.35. The van der Waals surface area contributed by atoms with Crippen molar-refractivity contribution in [3.05, 3.63) is 28.8 Å². The highest BCUT2D eigenvalue weighted by Crippen LogP contribution is 2.30. The molecule has 3 N–H and O–H groups in total. The van der Waals surface area contributed by atoms with Crippen LogP contribution in [0.15, 0.2) is 18.2 Å². The van der Waals surface area contributed by atoms with Crippen LogP contribution in [-0.2, 0) is 0 Å². The zero-order valence-corrected chi connectivity index (χ0v) is 13.5. The molecule has 110 valence electrons. The van der Waals surface area contributed by atoms with Gasteiger partial charge in [-0.25, -0.2) is 0 Å². The summed E-state index contributed by atoms with van der Waals surface area (Å²) in [5, 5.41) is 10.8. The molecule has 0 aliphatic heterocycles. The lowest BCUT2D eigenvalue weighted by Crippen LogP contribution is -2.31. The Hall–Kier alpha value is -0.480. The van der Waals surface area contributed by atoms with Crippen molar-refractivity contribution in [1.82, 2.24) is 0 Å². The Morgan fingerprint density at radius 3 is 2.37 bits per heavy atom. The van der Waals surface area contributed by atoms with E-state index in [-0.39, 0.29) is 18.3 Å². The van der Waals surface area contributed by atoms with Crippen LogP contribution in [-0.4, -0.2) is 25.3 Å². The van der Waals surface area contributed by atoms with Gasteiger partial charge in [0.05, 0.1) is 12.1 Å². The molecule has 1 aromatic rings. The molecule has 0 amide bonds. The number of halogens is 2. The van der Waals surface area contributed by atoms with E-state index in [1.165, 1.54) is 0 Å². The Labute approximate surface area is 127 Å². The van der Waals surface area contributed by atoms with Crippen molar-refractivity contribution >= 4 is 29.7 Å². The number of nitrogens with two attached hydrogens (primary N) is 1. The van der Waals surface area contributed by atoms with Crippen LogP contribution in [0, 0.1) is 5.92 Å². The first-order valence-electron chi connectivity index (χ1n) is 6.28. The normalized spacial score (nSPS) is 15.3. The average molecular weight is 307 g/mol. The zero-order valence-electron chi connectivity index (χ0n) is 11.9. The quantitative estimate of drug-likeness (QED) is 0.878. The van der Waals surface area contributed by atoms with E-state index < -0.39 is 12.1 Å². The van der Waals surface area contributed by atoms with Crippen molar-refractivity contribution in [2.75, 3.05) is 19.0 Å². The van der Waals surface area contributed by atoms with E-state index in [1.807, 2.05) is 51.0 Å². The lowest BCUT2D eigenvalue weighted by Gasteiger charge is -2.25. The molecule has 1 aromatic carbocycles. The van der Waals surface area contributed by atoms with E-state index in [0.717, 1.165) is 17.7 Å². The zero-order chi connectivity index (χ0) is 13.9. The fraction of sp³-hybridized carbons (Fsp3) is 0.571. The maximum atomic E-state index is 10.1. The number of aliphatic hydroxyl groups excluding tert-OH is 1. The topological polar surface area (TPSA) is 49.5 Å². The van der Waals surface area contributed by atoms with E-state index in [0.29, 0.717) is 5.02 Å². The second-order valence-electron chi connectivity index (χ2n) is 5.00. The molecule has 0 fully saturated rings. The van der Waals surface area contributed by atoms with Crippen molar-refractivity contribution in [3.63, 3.8) is 0 Å². The predicted octanol–water partition coefficient (Wildman–Crippen LogP) is 3.23. The number of rotatable bonds is 5. The minimum atomic E-state index is -0.572. The highest BCUT2D eigenvalue weighted by atomic mass is 35.5. The van der Waals surface area contributed by atoms with E-state index >= 15 is 0 Å². The van der Waals surface area contributed by atoms with E-state index in [4.69, 9.17) is 17.3 Å². The van der Waals surface area contributed by atoms with Gasteiger partial charge in [0.15, 0.2) is 0 Å². The van der Waals surface area contributed by atoms with Crippen LogP contribution in [0.1, 0.15) is 31.9 Å². The summed E-state index contributed by atoms with van der Waals surface area (Å²) < 4.78 is 0. The summed E-state index contributed by atoms with van der Waals surface area (Å²) in [4.78, 5) is 1.98. The van der Waals surface area contributed by atoms with Gasteiger partial charge in [0.2, 0.25) is 0 Å². The largest absolute Gasteiger partial charge is 0.391 e. The van der Waals surface area contributed by atoms with E-state index in [1.54, 1.807) is 0 Å². The molecular weight excluding hydrogens is 283 g/mol. The fourth-order valence-electron chi connectivity index (χ4n) is 1.84. The van der Waals surface area contributed by atoms with Crippen LogP contribution in [0.5, 0.6) is 0 Å². The van der Waals surface area contributed by atoms with Gasteiger partial charge < -0.3 is 15.7 Å². The van der Waals surface area contributed by atoms with Crippen molar-refractivity contribution in [3.8, 4) is 0 Å². The molecular formula is C14H24Cl2N2O. The SMILES string of the molecule is CCC(C)[C@@H](O)[C@@H](N)c1ccc(N(C)C)cc1Cl.Cl. The number of nitrogens with zero attached hydrogens (tertiary/aromatic N) is 1. The maximum absolute atomic E-state index is 10.1. The Balaban J connectivity index is 0.00000324. The second kappa shape index (κ2) is 7.95. The fourth-order valence-corrected chi connectivity index (χ4v) is 2.14. The Kier molecular flexibility index (Phi) is 7.75. The number of benzene rings is 1. The summed E-state index contributed by atoms with van der Waals surface area (Å²) in [6, 6.07) is 5.29. The standard InChI is InChI=1S/C14H23ClN2O.ClH/c1-5-9(2)14(18)13(16)11-7-6-10(17(3)4)8-12(11)15;/h6-9,13-14,18H,5,16H2,1-4H3;1H/t9?,13-,14+;/m0./s1. The predicted molar refractivity (Wildman–Crippen MR) is 85.4 cm³/mol. The molecule has 3 atom stereocenters. The summed E-state index contributed by atoms with van der Waals surface area (Å²) in [5.41, 5.74) is 7.92. The molecule has 0 heterocycles. The lowest BCUT2D eigenvalue weighted by atomic mass is 9.91. The molecule has 0 radical (unpaired) electrons. The van der Waals surface area contributed by atoms with Crippen LogP contribution in [0.25, 0.3) is 0 Å². The number of hydrogen-bond acceptors (Lipinski definition) is 3.